The van der Waals surface area contributed by atoms with Crippen LogP contribution in [-0.2, 0) is 25.7 Å². The van der Waals surface area contributed by atoms with Crippen LogP contribution >= 0.6 is 0 Å². The van der Waals surface area contributed by atoms with Crippen molar-refractivity contribution in [3.8, 4) is 0 Å². The Morgan fingerprint density at radius 3 is 2.30 bits per heavy atom. The van der Waals surface area contributed by atoms with Gasteiger partial charge in [-0.2, -0.15) is 17.5 Å². The molecule has 4 rings (SSSR count). The molecule has 1 spiro atoms. The molecule has 238 valence electrons. The number of sulfonamides is 1. The molecule has 0 bridgehead atoms. The van der Waals surface area contributed by atoms with Crippen molar-refractivity contribution in [1.29, 1.82) is 0 Å². The number of piperidine rings is 1. The first-order chi connectivity index (χ1) is 21.4. The predicted molar refractivity (Wildman–Crippen MR) is 158 cm³/mol. The molecule has 0 aromatic heterocycles. The van der Waals surface area contributed by atoms with Crippen molar-refractivity contribution < 1.29 is 44.4 Å². The van der Waals surface area contributed by atoms with Gasteiger partial charge >= 0.3 is 12.3 Å². The molecule has 2 aromatic carbocycles. The minimum Gasteiger partial charge on any atom is -0.443 e. The number of aryl methyl sites for hydroxylation is 2. The summed E-state index contributed by atoms with van der Waals surface area (Å²) < 4.78 is 110. The summed E-state index contributed by atoms with van der Waals surface area (Å²) in [4.78, 5) is 30.6. The molecular weight excluding hydrogens is 604 g/mol. The van der Waals surface area contributed by atoms with Crippen molar-refractivity contribution in [3.05, 3.63) is 69.4 Å². The smallest absolute Gasteiger partial charge is 0.419 e. The highest BCUT2D eigenvalue weighted by atomic mass is 32.2. The van der Waals surface area contributed by atoms with Crippen LogP contribution in [0.4, 0.5) is 28.0 Å². The van der Waals surface area contributed by atoms with Crippen molar-refractivity contribution in [2.24, 2.45) is 4.99 Å². The summed E-state index contributed by atoms with van der Waals surface area (Å²) in [5.41, 5.74) is -2.49. The number of amides is 2. The highest BCUT2D eigenvalue weighted by Gasteiger charge is 2.47. The Hall–Kier alpha value is -3.78. The van der Waals surface area contributed by atoms with Crippen molar-refractivity contribution >= 4 is 39.6 Å². The largest absolute Gasteiger partial charge is 0.443 e. The van der Waals surface area contributed by atoms with E-state index in [1.807, 2.05) is 0 Å². The van der Waals surface area contributed by atoms with Gasteiger partial charge in [0.05, 0.1) is 5.56 Å². The Bertz CT molecular complexity index is 1740. The molecular formula is C30H34F4N4O5S. The number of carbonyl (C=O) groups is 2. The number of hydrogen-bond donors (Lipinski definition) is 1. The Morgan fingerprint density at radius 1 is 1.14 bits per heavy atom. The summed E-state index contributed by atoms with van der Waals surface area (Å²) in [7, 11) is -4.02. The van der Waals surface area contributed by atoms with Crippen LogP contribution in [0.15, 0.2) is 40.7 Å². The maximum Gasteiger partial charge on any atom is 0.419 e. The van der Waals surface area contributed by atoms with Crippen molar-refractivity contribution in [2.75, 3.05) is 25.0 Å². The van der Waals surface area contributed by atoms with Gasteiger partial charge in [-0.1, -0.05) is 0 Å². The minimum absolute atomic E-state index is 0.0422. The van der Waals surface area contributed by atoms with Crippen molar-refractivity contribution in [2.45, 2.75) is 64.8 Å². The van der Waals surface area contributed by atoms with Gasteiger partial charge in [0.1, 0.15) is 22.8 Å². The first kappa shape index (κ1) is 29.0. The molecule has 0 radical (unpaired) electrons. The molecule has 2 aromatic rings. The number of aliphatic imine (C=N–C) groups is 1. The zero-order valence-electron chi connectivity index (χ0n) is 27.7. The molecule has 0 aliphatic carbocycles. The first-order valence-corrected chi connectivity index (χ1v) is 15.0. The molecule has 2 aliphatic heterocycles. The fourth-order valence-electron chi connectivity index (χ4n) is 4.99. The van der Waals surface area contributed by atoms with E-state index in [0.29, 0.717) is 33.7 Å². The zero-order valence-corrected chi connectivity index (χ0v) is 25.5. The van der Waals surface area contributed by atoms with E-state index < -0.39 is 57.7 Å². The maximum absolute atomic E-state index is 13.8. The summed E-state index contributed by atoms with van der Waals surface area (Å²) in [5, 5.41) is 3.43. The number of alkyl halides is 3. The molecule has 2 heterocycles. The SMILES string of the molecule is [2H]C([2H])([2H])N(C(=O)OC(C)(C)C)c1cc(C)c(/C=C/S(=O)(=O)N2CCC3(CC2)N=C(c2ccc(F)c(C(F)(F)F)c2)NC3=O)c(C)c1. The van der Waals surface area contributed by atoms with Gasteiger partial charge in [0, 0.05) is 40.8 Å². The van der Waals surface area contributed by atoms with Gasteiger partial charge < -0.3 is 10.1 Å². The highest BCUT2D eigenvalue weighted by molar-refractivity contribution is 7.92. The van der Waals surface area contributed by atoms with Gasteiger partial charge in [-0.25, -0.2) is 17.6 Å². The quantitative estimate of drug-likeness (QED) is 0.431. The molecule has 2 aliphatic rings. The maximum atomic E-state index is 13.8. The number of nitrogens with one attached hydrogen (secondary N) is 1. The summed E-state index contributed by atoms with van der Waals surface area (Å²) in [6.07, 6.45) is -4.77. The lowest BCUT2D eigenvalue weighted by molar-refractivity contribution is -0.140. The van der Waals surface area contributed by atoms with Gasteiger partial charge in [0.15, 0.2) is 0 Å². The standard InChI is InChI=1S/C30H34F4N4O5S/c1-18-15-21(37(6)27(40)43-28(3,4)5)16-19(2)22(18)9-14-44(41,42)38-12-10-29(11-13-38)26(39)35-25(36-29)20-7-8-24(31)23(17-20)30(32,33)34/h7-9,14-17H,10-13H2,1-6H3,(H,35,36,39)/b14-9+/i6D3. The van der Waals surface area contributed by atoms with Crippen LogP contribution < -0.4 is 10.2 Å². The second-order valence-electron chi connectivity index (χ2n) is 11.7. The molecule has 2 amide bonds. The average Bonchev–Trinajstić information content (AvgIpc) is 3.21. The van der Waals surface area contributed by atoms with Gasteiger partial charge in [0.2, 0.25) is 10.0 Å². The van der Waals surface area contributed by atoms with E-state index in [4.69, 9.17) is 8.85 Å². The zero-order chi connectivity index (χ0) is 35.3. The van der Waals surface area contributed by atoms with Crippen molar-refractivity contribution in [1.82, 2.24) is 9.62 Å². The van der Waals surface area contributed by atoms with E-state index in [0.717, 1.165) is 15.8 Å². The summed E-state index contributed by atoms with van der Waals surface area (Å²) in [6, 6.07) is 5.15. The van der Waals surface area contributed by atoms with Crippen LogP contribution in [0.3, 0.4) is 0 Å². The minimum atomic E-state index is -4.95. The number of nitrogens with zero attached hydrogens (tertiary/aromatic N) is 3. The van der Waals surface area contributed by atoms with E-state index in [2.05, 4.69) is 10.3 Å². The molecule has 14 heteroatoms. The number of amidine groups is 1. The van der Waals surface area contributed by atoms with E-state index in [1.54, 1.807) is 34.6 Å². The third-order valence-electron chi connectivity index (χ3n) is 7.25. The second kappa shape index (κ2) is 11.6. The molecule has 0 saturated carbocycles. The number of halogens is 4. The number of anilines is 1. The van der Waals surface area contributed by atoms with E-state index in [1.165, 1.54) is 18.2 Å². The van der Waals surface area contributed by atoms with E-state index >= 15 is 0 Å². The highest BCUT2D eigenvalue weighted by Crippen LogP contribution is 2.35. The fraction of sp³-hybridized carbons (Fsp3) is 0.433. The van der Waals surface area contributed by atoms with Crippen molar-refractivity contribution in [3.63, 3.8) is 0 Å². The first-order valence-electron chi connectivity index (χ1n) is 15.0. The monoisotopic (exact) mass is 641 g/mol. The van der Waals surface area contributed by atoms with Gasteiger partial charge in [-0.3, -0.25) is 14.7 Å². The average molecular weight is 642 g/mol. The normalized spacial score (nSPS) is 18.9. The summed E-state index contributed by atoms with van der Waals surface area (Å²) >= 11 is 0. The number of benzene rings is 2. The lowest BCUT2D eigenvalue weighted by atomic mass is 9.89. The van der Waals surface area contributed by atoms with Crippen LogP contribution in [0.1, 0.15) is 65.5 Å². The van der Waals surface area contributed by atoms with Crippen LogP contribution in [0.25, 0.3) is 6.08 Å². The molecule has 0 unspecified atom stereocenters. The summed E-state index contributed by atoms with van der Waals surface area (Å²) in [5.74, 6) is -2.22. The van der Waals surface area contributed by atoms with E-state index in [-0.39, 0.29) is 43.0 Å². The topological polar surface area (TPSA) is 108 Å². The van der Waals surface area contributed by atoms with Gasteiger partial charge in [0.25, 0.3) is 5.91 Å². The number of hydrogen-bond acceptors (Lipinski definition) is 6. The lowest BCUT2D eigenvalue weighted by Gasteiger charge is -2.34. The Labute approximate surface area is 257 Å². The molecule has 9 nitrogen and oxygen atoms in total. The number of rotatable bonds is 5. The molecule has 44 heavy (non-hydrogen) atoms. The predicted octanol–water partition coefficient (Wildman–Crippen LogP) is 5.54. The van der Waals surface area contributed by atoms with Gasteiger partial charge in [-0.05, 0) is 101 Å². The van der Waals surface area contributed by atoms with Crippen LogP contribution in [0.5, 0.6) is 0 Å². The Kier molecular flexibility index (Phi) is 7.65. The molecule has 1 saturated heterocycles. The number of carbonyl (C=O) groups excluding carboxylic acids is 2. The second-order valence-corrected chi connectivity index (χ2v) is 13.5. The van der Waals surface area contributed by atoms with E-state index in [9.17, 15) is 35.6 Å². The number of ether oxygens (including phenoxy) is 1. The van der Waals surface area contributed by atoms with Crippen LogP contribution in [0.2, 0.25) is 0 Å². The van der Waals surface area contributed by atoms with Gasteiger partial charge in [-0.15, -0.1) is 0 Å². The third kappa shape index (κ3) is 6.96. The van der Waals surface area contributed by atoms with Crippen LogP contribution in [0, 0.1) is 19.7 Å². The summed E-state index contributed by atoms with van der Waals surface area (Å²) in [6.45, 7) is 4.98. The fourth-order valence-corrected chi connectivity index (χ4v) is 6.16. The van der Waals surface area contributed by atoms with Crippen LogP contribution in [-0.4, -0.2) is 61.8 Å². The Balaban J connectivity index is 1.52. The lowest BCUT2D eigenvalue weighted by Crippen LogP contribution is -2.50. The molecule has 1 fully saturated rings. The Morgan fingerprint density at radius 2 is 1.75 bits per heavy atom. The molecule has 1 N–H and O–H groups in total. The molecule has 0 atom stereocenters. The third-order valence-corrected chi connectivity index (χ3v) is 8.82.